The van der Waals surface area contributed by atoms with Crippen LogP contribution >= 0.6 is 0 Å². The van der Waals surface area contributed by atoms with E-state index in [1.165, 1.54) is 6.07 Å². The largest absolute Gasteiger partial charge is 0.398 e. The molecular formula is C14H14F2N2O2S. The zero-order valence-electron chi connectivity index (χ0n) is 11.4. The van der Waals surface area contributed by atoms with E-state index < -0.39 is 21.7 Å². The van der Waals surface area contributed by atoms with Gasteiger partial charge in [0, 0.05) is 6.07 Å². The average Bonchev–Trinajstić information content (AvgIpc) is 2.32. The van der Waals surface area contributed by atoms with Gasteiger partial charge < -0.3 is 5.73 Å². The Balaban J connectivity index is 2.51. The number of rotatable bonds is 3. The maximum Gasteiger partial charge on any atom is 0.264 e. The van der Waals surface area contributed by atoms with Gasteiger partial charge in [0.2, 0.25) is 0 Å². The first-order valence-corrected chi connectivity index (χ1v) is 7.53. The van der Waals surface area contributed by atoms with Gasteiger partial charge >= 0.3 is 0 Å². The molecule has 0 heterocycles. The molecule has 0 aliphatic rings. The lowest BCUT2D eigenvalue weighted by molar-refractivity contribution is 0.584. The summed E-state index contributed by atoms with van der Waals surface area (Å²) in [5.74, 6) is -1.75. The van der Waals surface area contributed by atoms with E-state index in [1.54, 1.807) is 19.9 Å². The van der Waals surface area contributed by atoms with Gasteiger partial charge in [-0.15, -0.1) is 0 Å². The molecule has 0 aliphatic carbocycles. The molecule has 0 aromatic heterocycles. The number of aryl methyl sites for hydroxylation is 1. The van der Waals surface area contributed by atoms with E-state index in [0.29, 0.717) is 11.6 Å². The highest BCUT2D eigenvalue weighted by Crippen LogP contribution is 2.27. The normalized spacial score (nSPS) is 11.4. The zero-order chi connectivity index (χ0) is 15.8. The highest BCUT2D eigenvalue weighted by molar-refractivity contribution is 7.93. The second-order valence-corrected chi connectivity index (χ2v) is 6.31. The van der Waals surface area contributed by atoms with E-state index >= 15 is 0 Å². The summed E-state index contributed by atoms with van der Waals surface area (Å²) in [7, 11) is -4.04. The molecule has 0 radical (unpaired) electrons. The van der Waals surface area contributed by atoms with E-state index in [1.807, 2.05) is 0 Å². The van der Waals surface area contributed by atoms with E-state index in [9.17, 15) is 17.2 Å². The summed E-state index contributed by atoms with van der Waals surface area (Å²) in [5.41, 5.74) is 6.82. The van der Waals surface area contributed by atoms with Crippen molar-refractivity contribution in [2.45, 2.75) is 18.7 Å². The Morgan fingerprint density at radius 3 is 2.19 bits per heavy atom. The van der Waals surface area contributed by atoms with Gasteiger partial charge in [-0.1, -0.05) is 6.07 Å². The molecule has 7 heteroatoms. The SMILES string of the molecule is Cc1ccc(N)c(S(=O)(=O)Nc2cc(F)cc(F)c2)c1C. The smallest absolute Gasteiger partial charge is 0.264 e. The van der Waals surface area contributed by atoms with Crippen LogP contribution in [0.1, 0.15) is 11.1 Å². The van der Waals surface area contributed by atoms with Crippen LogP contribution in [0.2, 0.25) is 0 Å². The maximum absolute atomic E-state index is 13.1. The molecule has 112 valence electrons. The van der Waals surface area contributed by atoms with Crippen molar-refractivity contribution < 1.29 is 17.2 Å². The molecular weight excluding hydrogens is 298 g/mol. The Kier molecular flexibility index (Phi) is 3.87. The fraction of sp³-hybridized carbons (Fsp3) is 0.143. The van der Waals surface area contributed by atoms with Gasteiger partial charge in [-0.3, -0.25) is 4.72 Å². The Morgan fingerprint density at radius 1 is 1.05 bits per heavy atom. The maximum atomic E-state index is 13.1. The second-order valence-electron chi connectivity index (χ2n) is 4.69. The Hall–Kier alpha value is -2.15. The molecule has 0 spiro atoms. The summed E-state index contributed by atoms with van der Waals surface area (Å²) in [6.45, 7) is 3.36. The third-order valence-corrected chi connectivity index (χ3v) is 4.67. The van der Waals surface area contributed by atoms with Gasteiger partial charge in [0.25, 0.3) is 10.0 Å². The van der Waals surface area contributed by atoms with Gasteiger partial charge in [0.05, 0.1) is 11.4 Å². The Bertz CT molecular complexity index is 785. The number of halogens is 2. The number of nitrogens with one attached hydrogen (secondary N) is 1. The summed E-state index contributed by atoms with van der Waals surface area (Å²) in [5, 5.41) is 0. The van der Waals surface area contributed by atoms with Gasteiger partial charge in [-0.05, 0) is 43.2 Å². The van der Waals surface area contributed by atoms with Gasteiger partial charge in [-0.2, -0.15) is 0 Å². The van der Waals surface area contributed by atoms with Crippen molar-refractivity contribution in [1.29, 1.82) is 0 Å². The number of nitrogen functional groups attached to an aromatic ring is 1. The minimum atomic E-state index is -4.04. The van der Waals surface area contributed by atoms with Crippen molar-refractivity contribution >= 4 is 21.4 Å². The molecule has 0 atom stereocenters. The Morgan fingerprint density at radius 2 is 1.62 bits per heavy atom. The van der Waals surface area contributed by atoms with Crippen molar-refractivity contribution in [3.05, 3.63) is 53.1 Å². The fourth-order valence-corrected chi connectivity index (χ4v) is 3.46. The van der Waals surface area contributed by atoms with E-state index in [4.69, 9.17) is 5.73 Å². The van der Waals surface area contributed by atoms with Crippen LogP contribution in [-0.4, -0.2) is 8.42 Å². The fourth-order valence-electron chi connectivity index (χ4n) is 1.99. The standard InChI is InChI=1S/C14H14F2N2O2S/c1-8-3-4-13(17)14(9(8)2)21(19,20)18-12-6-10(15)5-11(16)7-12/h3-7,18H,17H2,1-2H3. The molecule has 21 heavy (non-hydrogen) atoms. The van der Waals surface area contributed by atoms with Gasteiger partial charge in [-0.25, -0.2) is 17.2 Å². The molecule has 2 aromatic carbocycles. The summed E-state index contributed by atoms with van der Waals surface area (Å²) >= 11 is 0. The molecule has 0 saturated carbocycles. The van der Waals surface area contributed by atoms with Crippen LogP contribution < -0.4 is 10.5 Å². The molecule has 3 N–H and O–H groups in total. The van der Waals surface area contributed by atoms with Crippen LogP contribution in [0.15, 0.2) is 35.2 Å². The number of sulfonamides is 1. The topological polar surface area (TPSA) is 72.2 Å². The number of hydrogen-bond acceptors (Lipinski definition) is 3. The summed E-state index contributed by atoms with van der Waals surface area (Å²) in [6, 6.07) is 5.61. The first-order valence-electron chi connectivity index (χ1n) is 6.05. The number of anilines is 2. The van der Waals surface area contributed by atoms with Crippen molar-refractivity contribution in [1.82, 2.24) is 0 Å². The average molecular weight is 312 g/mol. The van der Waals surface area contributed by atoms with Crippen molar-refractivity contribution in [2.75, 3.05) is 10.5 Å². The first-order chi connectivity index (χ1) is 9.70. The highest BCUT2D eigenvalue weighted by Gasteiger charge is 2.21. The van der Waals surface area contributed by atoms with Gasteiger partial charge in [0.1, 0.15) is 16.5 Å². The minimum absolute atomic E-state index is 0.0717. The lowest BCUT2D eigenvalue weighted by Crippen LogP contribution is -2.17. The summed E-state index contributed by atoms with van der Waals surface area (Å²) in [6.07, 6.45) is 0. The monoisotopic (exact) mass is 312 g/mol. The molecule has 4 nitrogen and oxygen atoms in total. The molecule has 0 saturated heterocycles. The van der Waals surface area contributed by atoms with Crippen molar-refractivity contribution in [2.24, 2.45) is 0 Å². The van der Waals surface area contributed by atoms with Gasteiger partial charge in [0.15, 0.2) is 0 Å². The second kappa shape index (κ2) is 5.33. The van der Waals surface area contributed by atoms with E-state index in [0.717, 1.165) is 17.7 Å². The van der Waals surface area contributed by atoms with E-state index in [2.05, 4.69) is 4.72 Å². The summed E-state index contributed by atoms with van der Waals surface area (Å²) < 4.78 is 53.2. The highest BCUT2D eigenvalue weighted by atomic mass is 32.2. The molecule has 0 aliphatic heterocycles. The predicted octanol–water partition coefficient (Wildman–Crippen LogP) is 2.96. The van der Waals surface area contributed by atoms with Crippen molar-refractivity contribution in [3.63, 3.8) is 0 Å². The first kappa shape index (κ1) is 15.2. The third-order valence-electron chi connectivity index (χ3n) is 3.09. The molecule has 0 fully saturated rings. The Labute approximate surface area is 121 Å². The van der Waals surface area contributed by atoms with Crippen LogP contribution in [0.5, 0.6) is 0 Å². The molecule has 0 unspecified atom stereocenters. The molecule has 0 amide bonds. The van der Waals surface area contributed by atoms with Crippen LogP contribution in [-0.2, 0) is 10.0 Å². The molecule has 2 aromatic rings. The lowest BCUT2D eigenvalue weighted by Gasteiger charge is -2.14. The molecule has 2 rings (SSSR count). The third kappa shape index (κ3) is 3.13. The van der Waals surface area contributed by atoms with Crippen LogP contribution in [0.25, 0.3) is 0 Å². The minimum Gasteiger partial charge on any atom is -0.398 e. The summed E-state index contributed by atoms with van der Waals surface area (Å²) in [4.78, 5) is -0.0906. The number of nitrogens with two attached hydrogens (primary N) is 1. The van der Waals surface area contributed by atoms with Crippen LogP contribution in [0, 0.1) is 25.5 Å². The predicted molar refractivity (Wildman–Crippen MR) is 77.5 cm³/mol. The van der Waals surface area contributed by atoms with E-state index in [-0.39, 0.29) is 16.3 Å². The lowest BCUT2D eigenvalue weighted by atomic mass is 10.1. The zero-order valence-corrected chi connectivity index (χ0v) is 12.3. The number of hydrogen-bond donors (Lipinski definition) is 2. The quantitative estimate of drug-likeness (QED) is 0.856. The number of benzene rings is 2. The van der Waals surface area contributed by atoms with Crippen LogP contribution in [0.3, 0.4) is 0 Å². The molecule has 0 bridgehead atoms. The van der Waals surface area contributed by atoms with Crippen molar-refractivity contribution in [3.8, 4) is 0 Å². The van der Waals surface area contributed by atoms with Crippen LogP contribution in [0.4, 0.5) is 20.2 Å².